The number of benzene rings is 1. The van der Waals surface area contributed by atoms with E-state index in [9.17, 15) is 13.2 Å². The third-order valence-electron chi connectivity index (χ3n) is 5.16. The highest BCUT2D eigenvalue weighted by molar-refractivity contribution is 7.89. The van der Waals surface area contributed by atoms with Gasteiger partial charge in [0.25, 0.3) is 5.91 Å². The number of carbonyl (C=O) groups is 1. The quantitative estimate of drug-likeness (QED) is 0.713. The maximum Gasteiger partial charge on any atom is 0.253 e. The van der Waals surface area contributed by atoms with E-state index in [2.05, 4.69) is 15.1 Å². The van der Waals surface area contributed by atoms with Gasteiger partial charge in [-0.25, -0.2) is 8.42 Å². The topological polar surface area (TPSA) is 95.9 Å². The van der Waals surface area contributed by atoms with Crippen molar-refractivity contribution in [2.75, 3.05) is 57.4 Å². The Hall–Kier alpha value is -2.56. The molecular formula is C19H23N5O4S. The molecule has 1 aromatic heterocycles. The lowest BCUT2D eigenvalue weighted by atomic mass is 10.2. The molecule has 0 atom stereocenters. The fourth-order valence-corrected chi connectivity index (χ4v) is 4.90. The Balaban J connectivity index is 1.40. The summed E-state index contributed by atoms with van der Waals surface area (Å²) in [7, 11) is -3.56. The fraction of sp³-hybridized carbons (Fsp3) is 0.421. The van der Waals surface area contributed by atoms with Crippen LogP contribution < -0.4 is 4.90 Å². The SMILES string of the molecule is O=C(c1ccc(S(=O)(=O)N2CCOCC2)cc1)N1CCN(c2cccnn2)CC1. The van der Waals surface area contributed by atoms with Crippen molar-refractivity contribution in [1.82, 2.24) is 19.4 Å². The first-order valence-electron chi connectivity index (χ1n) is 9.55. The molecule has 4 rings (SSSR count). The number of rotatable bonds is 4. The number of hydrogen-bond donors (Lipinski definition) is 0. The third-order valence-corrected chi connectivity index (χ3v) is 7.07. The van der Waals surface area contributed by atoms with Crippen LogP contribution in [0.25, 0.3) is 0 Å². The van der Waals surface area contributed by atoms with E-state index in [1.54, 1.807) is 23.2 Å². The van der Waals surface area contributed by atoms with Gasteiger partial charge < -0.3 is 14.5 Å². The van der Waals surface area contributed by atoms with Crippen LogP contribution >= 0.6 is 0 Å². The van der Waals surface area contributed by atoms with E-state index in [-0.39, 0.29) is 10.8 Å². The van der Waals surface area contributed by atoms with E-state index < -0.39 is 10.0 Å². The molecule has 2 aliphatic heterocycles. The van der Waals surface area contributed by atoms with E-state index in [0.29, 0.717) is 58.0 Å². The fourth-order valence-electron chi connectivity index (χ4n) is 3.49. The van der Waals surface area contributed by atoms with Gasteiger partial charge in [-0.3, -0.25) is 4.79 Å². The Morgan fingerprint density at radius 1 is 0.931 bits per heavy atom. The standard InChI is InChI=1S/C19H23N5O4S/c25-19(23-10-8-22(9-11-23)18-2-1-7-20-21-18)16-3-5-17(6-4-16)29(26,27)24-12-14-28-15-13-24/h1-7H,8-15H2. The van der Waals surface area contributed by atoms with Crippen molar-refractivity contribution in [1.29, 1.82) is 0 Å². The molecule has 0 aliphatic carbocycles. The molecule has 1 aromatic carbocycles. The summed E-state index contributed by atoms with van der Waals surface area (Å²) in [5.74, 6) is 0.705. The summed E-state index contributed by atoms with van der Waals surface area (Å²) in [6.07, 6.45) is 1.63. The third kappa shape index (κ3) is 4.24. The minimum Gasteiger partial charge on any atom is -0.379 e. The highest BCUT2D eigenvalue weighted by Gasteiger charge is 2.27. The van der Waals surface area contributed by atoms with E-state index in [4.69, 9.17) is 4.74 Å². The molecule has 0 bridgehead atoms. The Bertz CT molecular complexity index is 938. The van der Waals surface area contributed by atoms with Crippen molar-refractivity contribution >= 4 is 21.7 Å². The maximum atomic E-state index is 12.8. The monoisotopic (exact) mass is 417 g/mol. The predicted molar refractivity (Wildman–Crippen MR) is 106 cm³/mol. The molecule has 29 heavy (non-hydrogen) atoms. The number of hydrogen-bond acceptors (Lipinski definition) is 7. The number of ether oxygens (including phenoxy) is 1. The molecule has 0 saturated carbocycles. The molecule has 2 saturated heterocycles. The van der Waals surface area contributed by atoms with Crippen LogP contribution in [-0.4, -0.2) is 86.2 Å². The van der Waals surface area contributed by atoms with E-state index in [1.165, 1.54) is 16.4 Å². The number of piperazine rings is 1. The van der Waals surface area contributed by atoms with Gasteiger partial charge >= 0.3 is 0 Å². The number of carbonyl (C=O) groups excluding carboxylic acids is 1. The molecule has 0 N–H and O–H groups in total. The van der Waals surface area contributed by atoms with E-state index >= 15 is 0 Å². The molecular weight excluding hydrogens is 394 g/mol. The van der Waals surface area contributed by atoms with Gasteiger partial charge in [0, 0.05) is 51.0 Å². The number of nitrogens with zero attached hydrogens (tertiary/aromatic N) is 5. The Kier molecular flexibility index (Phi) is 5.74. The largest absolute Gasteiger partial charge is 0.379 e. The maximum absolute atomic E-state index is 12.8. The van der Waals surface area contributed by atoms with Crippen molar-refractivity contribution in [3.63, 3.8) is 0 Å². The highest BCUT2D eigenvalue weighted by atomic mass is 32.2. The van der Waals surface area contributed by atoms with Gasteiger partial charge in [0.05, 0.1) is 18.1 Å². The van der Waals surface area contributed by atoms with Crippen LogP contribution in [0.15, 0.2) is 47.5 Å². The molecule has 0 radical (unpaired) electrons. The predicted octanol–water partition coefficient (Wildman–Crippen LogP) is 0.460. The summed E-state index contributed by atoms with van der Waals surface area (Å²) in [6.45, 7) is 3.99. The zero-order chi connectivity index (χ0) is 20.3. The first kappa shape index (κ1) is 19.7. The summed E-state index contributed by atoms with van der Waals surface area (Å²) in [4.78, 5) is 16.9. The normalized spacial score (nSPS) is 18.6. The number of aromatic nitrogens is 2. The van der Waals surface area contributed by atoms with Gasteiger partial charge in [-0.05, 0) is 36.4 Å². The van der Waals surface area contributed by atoms with Crippen molar-refractivity contribution in [3.8, 4) is 0 Å². The summed E-state index contributed by atoms with van der Waals surface area (Å²) < 4.78 is 32.0. The van der Waals surface area contributed by atoms with Gasteiger partial charge in [-0.15, -0.1) is 5.10 Å². The molecule has 2 aliphatic rings. The molecule has 9 nitrogen and oxygen atoms in total. The van der Waals surface area contributed by atoms with Crippen LogP contribution in [0.2, 0.25) is 0 Å². The Morgan fingerprint density at radius 2 is 1.62 bits per heavy atom. The van der Waals surface area contributed by atoms with Crippen LogP contribution in [-0.2, 0) is 14.8 Å². The molecule has 2 aromatic rings. The number of amides is 1. The zero-order valence-corrected chi connectivity index (χ0v) is 16.8. The minimum absolute atomic E-state index is 0.0980. The molecule has 3 heterocycles. The molecule has 154 valence electrons. The zero-order valence-electron chi connectivity index (χ0n) is 16.0. The van der Waals surface area contributed by atoms with Gasteiger partial charge in [0.1, 0.15) is 0 Å². The molecule has 1 amide bonds. The lowest BCUT2D eigenvalue weighted by molar-refractivity contribution is 0.0730. The number of sulfonamides is 1. The van der Waals surface area contributed by atoms with Crippen molar-refractivity contribution in [3.05, 3.63) is 48.2 Å². The highest BCUT2D eigenvalue weighted by Crippen LogP contribution is 2.19. The Morgan fingerprint density at radius 3 is 2.24 bits per heavy atom. The molecule has 0 unspecified atom stereocenters. The lowest BCUT2D eigenvalue weighted by Crippen LogP contribution is -2.49. The van der Waals surface area contributed by atoms with Gasteiger partial charge in [-0.2, -0.15) is 9.40 Å². The van der Waals surface area contributed by atoms with Gasteiger partial charge in [-0.1, -0.05) is 0 Å². The average molecular weight is 417 g/mol. The smallest absolute Gasteiger partial charge is 0.253 e. The lowest BCUT2D eigenvalue weighted by Gasteiger charge is -2.35. The second-order valence-electron chi connectivity index (χ2n) is 6.90. The number of morpholine rings is 1. The van der Waals surface area contributed by atoms with Crippen LogP contribution in [0.4, 0.5) is 5.82 Å². The van der Waals surface area contributed by atoms with Crippen LogP contribution in [0.5, 0.6) is 0 Å². The van der Waals surface area contributed by atoms with Gasteiger partial charge in [0.15, 0.2) is 5.82 Å². The van der Waals surface area contributed by atoms with E-state index in [1.807, 2.05) is 12.1 Å². The summed E-state index contributed by atoms with van der Waals surface area (Å²) in [5, 5.41) is 8.00. The summed E-state index contributed by atoms with van der Waals surface area (Å²) in [6, 6.07) is 9.93. The first-order chi connectivity index (χ1) is 14.1. The second-order valence-corrected chi connectivity index (χ2v) is 8.84. The number of anilines is 1. The molecule has 0 spiro atoms. The van der Waals surface area contributed by atoms with Crippen molar-refractivity contribution < 1.29 is 17.9 Å². The second kappa shape index (κ2) is 8.44. The van der Waals surface area contributed by atoms with Crippen LogP contribution in [0, 0.1) is 0 Å². The average Bonchev–Trinajstić information content (AvgIpc) is 2.80. The van der Waals surface area contributed by atoms with Crippen LogP contribution in [0.3, 0.4) is 0 Å². The summed E-state index contributed by atoms with van der Waals surface area (Å²) in [5.41, 5.74) is 0.485. The summed E-state index contributed by atoms with van der Waals surface area (Å²) >= 11 is 0. The Labute approximate surface area is 169 Å². The first-order valence-corrected chi connectivity index (χ1v) is 11.0. The molecule has 2 fully saturated rings. The van der Waals surface area contributed by atoms with Crippen molar-refractivity contribution in [2.45, 2.75) is 4.90 Å². The van der Waals surface area contributed by atoms with Gasteiger partial charge in [0.2, 0.25) is 10.0 Å². The van der Waals surface area contributed by atoms with Crippen LogP contribution in [0.1, 0.15) is 10.4 Å². The van der Waals surface area contributed by atoms with Crippen molar-refractivity contribution in [2.24, 2.45) is 0 Å². The molecule has 10 heteroatoms. The van der Waals surface area contributed by atoms with E-state index in [0.717, 1.165) is 5.82 Å². The minimum atomic E-state index is -3.56.